The zero-order valence-corrected chi connectivity index (χ0v) is 9.71. The van der Waals surface area contributed by atoms with Gasteiger partial charge in [0.25, 0.3) is 0 Å². The van der Waals surface area contributed by atoms with E-state index in [9.17, 15) is 9.59 Å². The van der Waals surface area contributed by atoms with Gasteiger partial charge in [-0.15, -0.1) is 0 Å². The number of furan rings is 1. The average molecular weight is 250 g/mol. The smallest absolute Gasteiger partial charge is 0.368 e. The lowest BCUT2D eigenvalue weighted by Gasteiger charge is -2.05. The third-order valence-electron chi connectivity index (χ3n) is 2.24. The highest BCUT2D eigenvalue weighted by molar-refractivity contribution is 6.50. The van der Waals surface area contributed by atoms with Crippen LogP contribution in [0.1, 0.15) is 5.76 Å². The summed E-state index contributed by atoms with van der Waals surface area (Å²) in [5, 5.41) is 12.0. The SMILES string of the molecule is CN(C)c1ccc(/C=C2\C(=O)ON=C2C(=O)O)o1. The first-order valence-corrected chi connectivity index (χ1v) is 5.01. The summed E-state index contributed by atoms with van der Waals surface area (Å²) in [4.78, 5) is 28.2. The largest absolute Gasteiger partial charge is 0.476 e. The maximum atomic E-state index is 11.3. The van der Waals surface area contributed by atoms with E-state index < -0.39 is 17.7 Å². The van der Waals surface area contributed by atoms with Crippen molar-refractivity contribution in [3.8, 4) is 0 Å². The van der Waals surface area contributed by atoms with Crippen LogP contribution in [0.5, 0.6) is 0 Å². The van der Waals surface area contributed by atoms with Gasteiger partial charge in [0.2, 0.25) is 5.71 Å². The molecule has 0 fully saturated rings. The van der Waals surface area contributed by atoms with Crippen molar-refractivity contribution in [3.05, 3.63) is 23.5 Å². The Morgan fingerprint density at radius 3 is 2.72 bits per heavy atom. The molecule has 0 saturated heterocycles. The molecule has 0 amide bonds. The van der Waals surface area contributed by atoms with Crippen molar-refractivity contribution in [3.63, 3.8) is 0 Å². The first-order chi connectivity index (χ1) is 8.49. The van der Waals surface area contributed by atoms with Crippen LogP contribution < -0.4 is 4.90 Å². The fraction of sp³-hybridized carbons (Fsp3) is 0.182. The topological polar surface area (TPSA) is 92.3 Å². The van der Waals surface area contributed by atoms with Crippen LogP contribution in [0, 0.1) is 0 Å². The van der Waals surface area contributed by atoms with E-state index in [4.69, 9.17) is 9.52 Å². The molecule has 1 aliphatic rings. The van der Waals surface area contributed by atoms with Crippen molar-refractivity contribution in [2.75, 3.05) is 19.0 Å². The number of rotatable bonds is 3. The van der Waals surface area contributed by atoms with Crippen LogP contribution in [0.4, 0.5) is 5.88 Å². The number of carbonyl (C=O) groups is 2. The van der Waals surface area contributed by atoms with Crippen LogP contribution >= 0.6 is 0 Å². The number of carbonyl (C=O) groups excluding carboxylic acids is 1. The highest BCUT2D eigenvalue weighted by Crippen LogP contribution is 2.21. The summed E-state index contributed by atoms with van der Waals surface area (Å²) in [6.07, 6.45) is 1.29. The number of aliphatic carboxylic acids is 1. The summed E-state index contributed by atoms with van der Waals surface area (Å²) in [5.74, 6) is -1.20. The Bertz CT molecular complexity index is 568. The minimum Gasteiger partial charge on any atom is -0.476 e. The van der Waals surface area contributed by atoms with Gasteiger partial charge in [-0.2, -0.15) is 0 Å². The van der Waals surface area contributed by atoms with Crippen LogP contribution in [-0.4, -0.2) is 36.9 Å². The monoisotopic (exact) mass is 250 g/mol. The molecule has 2 rings (SSSR count). The Kier molecular flexibility index (Phi) is 2.88. The molecule has 0 radical (unpaired) electrons. The number of oxime groups is 1. The molecule has 1 aromatic heterocycles. The van der Waals surface area contributed by atoms with Crippen molar-refractivity contribution >= 4 is 29.6 Å². The summed E-state index contributed by atoms with van der Waals surface area (Å²) in [5.41, 5.74) is -0.565. The summed E-state index contributed by atoms with van der Waals surface area (Å²) in [6, 6.07) is 3.32. The van der Waals surface area contributed by atoms with Crippen LogP contribution in [0.2, 0.25) is 0 Å². The second-order valence-electron chi connectivity index (χ2n) is 3.75. The van der Waals surface area contributed by atoms with E-state index in [1.54, 1.807) is 31.1 Å². The van der Waals surface area contributed by atoms with Crippen LogP contribution in [-0.2, 0) is 14.4 Å². The van der Waals surface area contributed by atoms with E-state index in [0.717, 1.165) is 0 Å². The second kappa shape index (κ2) is 4.36. The van der Waals surface area contributed by atoms with E-state index in [1.807, 2.05) is 0 Å². The Balaban J connectivity index is 2.34. The highest BCUT2D eigenvalue weighted by Gasteiger charge is 2.31. The van der Waals surface area contributed by atoms with Crippen molar-refractivity contribution in [1.82, 2.24) is 0 Å². The van der Waals surface area contributed by atoms with Crippen molar-refractivity contribution in [2.24, 2.45) is 5.16 Å². The molecule has 1 N–H and O–H groups in total. The third kappa shape index (κ3) is 2.10. The van der Waals surface area contributed by atoms with Gasteiger partial charge >= 0.3 is 11.9 Å². The summed E-state index contributed by atoms with van der Waals surface area (Å²) >= 11 is 0. The predicted octanol–water partition coefficient (Wildman–Crippen LogP) is 0.726. The Hall–Kier alpha value is -2.57. The number of anilines is 1. The fourth-order valence-electron chi connectivity index (χ4n) is 1.37. The number of carboxylic acid groups (broad SMARTS) is 1. The standard InChI is InChI=1S/C11H10N2O5/c1-13(2)8-4-3-6(17-8)5-7-9(10(14)15)12-18-11(7)16/h3-5H,1-2H3,(H,14,15)/b7-5-. The van der Waals surface area contributed by atoms with Crippen molar-refractivity contribution in [1.29, 1.82) is 0 Å². The molecule has 0 aliphatic carbocycles. The molecule has 0 unspecified atom stereocenters. The molecule has 18 heavy (non-hydrogen) atoms. The molecule has 94 valence electrons. The molecule has 0 spiro atoms. The van der Waals surface area contributed by atoms with E-state index in [-0.39, 0.29) is 5.57 Å². The Labute approximate surface area is 102 Å². The van der Waals surface area contributed by atoms with Gasteiger partial charge in [-0.05, 0) is 12.1 Å². The lowest BCUT2D eigenvalue weighted by atomic mass is 10.1. The molecular weight excluding hydrogens is 240 g/mol. The van der Waals surface area contributed by atoms with Gasteiger partial charge in [0, 0.05) is 20.2 Å². The normalized spacial score (nSPS) is 16.7. The first-order valence-electron chi connectivity index (χ1n) is 5.01. The molecule has 0 aromatic carbocycles. The second-order valence-corrected chi connectivity index (χ2v) is 3.75. The lowest BCUT2D eigenvalue weighted by Crippen LogP contribution is -2.15. The van der Waals surface area contributed by atoms with Crippen molar-refractivity contribution < 1.29 is 24.0 Å². The number of carboxylic acids is 1. The molecule has 1 aliphatic heterocycles. The van der Waals surface area contributed by atoms with E-state index in [0.29, 0.717) is 11.6 Å². The Morgan fingerprint density at radius 2 is 2.17 bits per heavy atom. The molecule has 0 atom stereocenters. The van der Waals surface area contributed by atoms with Gasteiger partial charge in [0.1, 0.15) is 11.3 Å². The van der Waals surface area contributed by atoms with Crippen LogP contribution in [0.25, 0.3) is 6.08 Å². The van der Waals surface area contributed by atoms with Crippen LogP contribution in [0.3, 0.4) is 0 Å². The molecule has 0 saturated carbocycles. The molecular formula is C11H10N2O5. The third-order valence-corrected chi connectivity index (χ3v) is 2.24. The minimum atomic E-state index is -1.33. The molecule has 2 heterocycles. The molecule has 1 aromatic rings. The van der Waals surface area contributed by atoms with Crippen molar-refractivity contribution in [2.45, 2.75) is 0 Å². The van der Waals surface area contributed by atoms with E-state index >= 15 is 0 Å². The minimum absolute atomic E-state index is 0.137. The quantitative estimate of drug-likeness (QED) is 0.627. The highest BCUT2D eigenvalue weighted by atomic mass is 16.7. The number of nitrogens with zero attached hydrogens (tertiary/aromatic N) is 2. The average Bonchev–Trinajstić information content (AvgIpc) is 2.88. The van der Waals surface area contributed by atoms with Gasteiger partial charge in [0.15, 0.2) is 5.88 Å². The zero-order chi connectivity index (χ0) is 13.3. The zero-order valence-electron chi connectivity index (χ0n) is 9.71. The molecule has 7 nitrogen and oxygen atoms in total. The maximum absolute atomic E-state index is 11.3. The van der Waals surface area contributed by atoms with Gasteiger partial charge in [-0.25, -0.2) is 9.59 Å². The molecule has 7 heteroatoms. The predicted molar refractivity (Wildman–Crippen MR) is 62.2 cm³/mol. The Morgan fingerprint density at radius 1 is 1.44 bits per heavy atom. The summed E-state index contributed by atoms with van der Waals surface area (Å²) < 4.78 is 5.38. The number of hydrogen-bond donors (Lipinski definition) is 1. The van der Waals surface area contributed by atoms with E-state index in [1.165, 1.54) is 6.08 Å². The summed E-state index contributed by atoms with van der Waals surface area (Å²) in [7, 11) is 3.59. The number of hydrogen-bond acceptors (Lipinski definition) is 6. The first kappa shape index (κ1) is 11.9. The van der Waals surface area contributed by atoms with Gasteiger partial charge in [-0.3, -0.25) is 0 Å². The van der Waals surface area contributed by atoms with Gasteiger partial charge in [-0.1, -0.05) is 5.16 Å². The van der Waals surface area contributed by atoms with Gasteiger partial charge < -0.3 is 19.3 Å². The van der Waals surface area contributed by atoms with Gasteiger partial charge in [0.05, 0.1) is 0 Å². The molecule has 0 bridgehead atoms. The fourth-order valence-corrected chi connectivity index (χ4v) is 1.37. The van der Waals surface area contributed by atoms with E-state index in [2.05, 4.69) is 9.99 Å². The van der Waals surface area contributed by atoms with Crippen LogP contribution in [0.15, 0.2) is 27.3 Å². The maximum Gasteiger partial charge on any atom is 0.368 e. The summed E-state index contributed by atoms with van der Waals surface area (Å²) in [6.45, 7) is 0. The lowest BCUT2D eigenvalue weighted by molar-refractivity contribution is -0.136.